The highest BCUT2D eigenvalue weighted by atomic mass is 32.2. The summed E-state index contributed by atoms with van der Waals surface area (Å²) in [5, 5.41) is 9.01. The van der Waals surface area contributed by atoms with Crippen molar-refractivity contribution in [2.24, 2.45) is 0 Å². The first-order valence-electron chi connectivity index (χ1n) is 6.05. The Labute approximate surface area is 125 Å². The lowest BCUT2D eigenvalue weighted by atomic mass is 10.3. The van der Waals surface area contributed by atoms with Crippen molar-refractivity contribution >= 4 is 39.1 Å². The van der Waals surface area contributed by atoms with E-state index in [4.69, 9.17) is 0 Å². The molecule has 9 heteroatoms. The minimum Gasteiger partial charge on any atom is -0.324 e. The molecule has 7 nitrogen and oxygen atoms in total. The number of aromatic amines is 1. The predicted molar refractivity (Wildman–Crippen MR) is 79.9 cm³/mol. The minimum absolute atomic E-state index is 0.0960. The van der Waals surface area contributed by atoms with Gasteiger partial charge in [0.2, 0.25) is 5.91 Å². The zero-order valence-corrected chi connectivity index (χ0v) is 12.6. The standard InChI is InChI=1S/C12H12N4O3S2/c1-7-11(5-13-15-7)21(18,19)16-8-2-3-10-9(4-8)14-12(17)6-20-10/h2-5,16H,6H2,1H3,(H,13,15)(H,14,17). The average Bonchev–Trinajstić information content (AvgIpc) is 2.85. The number of amides is 1. The molecule has 0 bridgehead atoms. The van der Waals surface area contributed by atoms with E-state index in [2.05, 4.69) is 20.2 Å². The molecule has 3 N–H and O–H groups in total. The molecular weight excluding hydrogens is 312 g/mol. The highest BCUT2D eigenvalue weighted by Gasteiger charge is 2.20. The Morgan fingerprint density at radius 2 is 2.19 bits per heavy atom. The molecule has 2 aromatic rings. The van der Waals surface area contributed by atoms with Gasteiger partial charge in [-0.1, -0.05) is 0 Å². The molecule has 0 unspecified atom stereocenters. The Morgan fingerprint density at radius 1 is 1.38 bits per heavy atom. The number of hydrogen-bond donors (Lipinski definition) is 3. The molecule has 1 aromatic heterocycles. The second-order valence-corrected chi connectivity index (χ2v) is 7.18. The van der Waals surface area contributed by atoms with Crippen LogP contribution in [0, 0.1) is 6.92 Å². The third-order valence-electron chi connectivity index (χ3n) is 2.94. The maximum absolute atomic E-state index is 12.3. The van der Waals surface area contributed by atoms with Crippen LogP contribution in [0.15, 0.2) is 34.2 Å². The molecule has 21 heavy (non-hydrogen) atoms. The van der Waals surface area contributed by atoms with Crippen molar-refractivity contribution in [3.63, 3.8) is 0 Å². The summed E-state index contributed by atoms with van der Waals surface area (Å²) in [7, 11) is -3.70. The molecule has 1 aliphatic rings. The lowest BCUT2D eigenvalue weighted by Crippen LogP contribution is -2.19. The third-order valence-corrected chi connectivity index (χ3v) is 5.51. The van der Waals surface area contributed by atoms with Gasteiger partial charge in [-0.25, -0.2) is 8.42 Å². The van der Waals surface area contributed by atoms with E-state index in [1.165, 1.54) is 18.0 Å². The van der Waals surface area contributed by atoms with E-state index in [1.807, 2.05) is 0 Å². The predicted octanol–water partition coefficient (Wildman–Crippen LogP) is 1.56. The summed E-state index contributed by atoms with van der Waals surface area (Å²) >= 11 is 1.42. The van der Waals surface area contributed by atoms with E-state index in [0.717, 1.165) is 4.90 Å². The van der Waals surface area contributed by atoms with Gasteiger partial charge in [-0.15, -0.1) is 11.8 Å². The molecule has 1 aliphatic heterocycles. The van der Waals surface area contributed by atoms with Gasteiger partial charge >= 0.3 is 0 Å². The summed E-state index contributed by atoms with van der Waals surface area (Å²) in [6.07, 6.45) is 1.26. The van der Waals surface area contributed by atoms with Gasteiger partial charge in [-0.3, -0.25) is 14.6 Å². The van der Waals surface area contributed by atoms with Crippen LogP contribution in [0.2, 0.25) is 0 Å². The molecule has 1 amide bonds. The third kappa shape index (κ3) is 2.74. The van der Waals surface area contributed by atoms with Crippen molar-refractivity contribution in [1.29, 1.82) is 0 Å². The molecule has 1 aromatic carbocycles. The second-order valence-electron chi connectivity index (χ2n) is 4.51. The highest BCUT2D eigenvalue weighted by molar-refractivity contribution is 8.00. The lowest BCUT2D eigenvalue weighted by molar-refractivity contribution is -0.113. The van der Waals surface area contributed by atoms with Crippen LogP contribution in [0.4, 0.5) is 11.4 Å². The van der Waals surface area contributed by atoms with E-state index < -0.39 is 10.0 Å². The largest absolute Gasteiger partial charge is 0.324 e. The van der Waals surface area contributed by atoms with Crippen LogP contribution in [0.1, 0.15) is 5.69 Å². The normalized spacial score (nSPS) is 14.4. The minimum atomic E-state index is -3.70. The number of anilines is 2. The monoisotopic (exact) mass is 324 g/mol. The molecule has 0 spiro atoms. The number of benzene rings is 1. The fourth-order valence-corrected chi connectivity index (χ4v) is 3.94. The molecule has 0 atom stereocenters. The summed E-state index contributed by atoms with van der Waals surface area (Å²) in [6.45, 7) is 1.63. The summed E-state index contributed by atoms with van der Waals surface area (Å²) in [5.41, 5.74) is 1.46. The summed E-state index contributed by atoms with van der Waals surface area (Å²) < 4.78 is 27.0. The molecule has 0 saturated heterocycles. The van der Waals surface area contributed by atoms with E-state index >= 15 is 0 Å². The average molecular weight is 324 g/mol. The van der Waals surface area contributed by atoms with Gasteiger partial charge in [0, 0.05) is 4.90 Å². The number of nitrogens with one attached hydrogen (secondary N) is 3. The summed E-state index contributed by atoms with van der Waals surface area (Å²) in [4.78, 5) is 12.4. The smallest absolute Gasteiger partial charge is 0.265 e. The SMILES string of the molecule is Cc1[nH]ncc1S(=O)(=O)Nc1ccc2c(c1)NC(=O)CS2. The Balaban J connectivity index is 1.91. The lowest BCUT2D eigenvalue weighted by Gasteiger charge is -2.17. The first-order chi connectivity index (χ1) is 9.95. The number of thioether (sulfide) groups is 1. The molecule has 0 radical (unpaired) electrons. The van der Waals surface area contributed by atoms with Gasteiger partial charge in [0.15, 0.2) is 0 Å². The first kappa shape index (κ1) is 14.0. The van der Waals surface area contributed by atoms with E-state index in [1.54, 1.807) is 25.1 Å². The fraction of sp³-hybridized carbons (Fsp3) is 0.167. The molecule has 2 heterocycles. The van der Waals surface area contributed by atoms with Crippen LogP contribution in [0.5, 0.6) is 0 Å². The number of carbonyl (C=O) groups is 1. The molecule has 0 fully saturated rings. The molecular formula is C12H12N4O3S2. The van der Waals surface area contributed by atoms with Gasteiger partial charge in [0.25, 0.3) is 10.0 Å². The van der Waals surface area contributed by atoms with Crippen LogP contribution in [0.3, 0.4) is 0 Å². The van der Waals surface area contributed by atoms with Crippen molar-refractivity contribution in [3.8, 4) is 0 Å². The number of fused-ring (bicyclic) bond motifs is 1. The number of nitrogens with zero attached hydrogens (tertiary/aromatic N) is 1. The zero-order valence-electron chi connectivity index (χ0n) is 11.0. The number of aromatic nitrogens is 2. The topological polar surface area (TPSA) is 104 Å². The molecule has 3 rings (SSSR count). The quantitative estimate of drug-likeness (QED) is 0.795. The summed E-state index contributed by atoms with van der Waals surface area (Å²) in [5.74, 6) is 0.268. The first-order valence-corrected chi connectivity index (χ1v) is 8.52. The van der Waals surface area contributed by atoms with Gasteiger partial charge in [0.05, 0.1) is 29.0 Å². The Kier molecular flexibility index (Phi) is 3.38. The van der Waals surface area contributed by atoms with E-state index in [0.29, 0.717) is 22.8 Å². The number of H-pyrrole nitrogens is 1. The van der Waals surface area contributed by atoms with Crippen molar-refractivity contribution < 1.29 is 13.2 Å². The van der Waals surface area contributed by atoms with Gasteiger partial charge in [-0.05, 0) is 25.1 Å². The van der Waals surface area contributed by atoms with Gasteiger partial charge in [0.1, 0.15) is 4.90 Å². The number of rotatable bonds is 3. The van der Waals surface area contributed by atoms with Crippen molar-refractivity contribution in [2.45, 2.75) is 16.7 Å². The number of aryl methyl sites for hydroxylation is 1. The maximum Gasteiger partial charge on any atom is 0.265 e. The van der Waals surface area contributed by atoms with Crippen molar-refractivity contribution in [3.05, 3.63) is 30.1 Å². The molecule has 0 aliphatic carbocycles. The van der Waals surface area contributed by atoms with Crippen molar-refractivity contribution in [1.82, 2.24) is 10.2 Å². The number of carbonyl (C=O) groups excluding carboxylic acids is 1. The van der Waals surface area contributed by atoms with Crippen LogP contribution < -0.4 is 10.0 Å². The summed E-state index contributed by atoms with van der Waals surface area (Å²) in [6, 6.07) is 5.04. The Morgan fingerprint density at radius 3 is 2.90 bits per heavy atom. The second kappa shape index (κ2) is 5.08. The van der Waals surface area contributed by atoms with Gasteiger partial charge < -0.3 is 5.32 Å². The Bertz CT molecular complexity index is 814. The van der Waals surface area contributed by atoms with Crippen LogP contribution in [0.25, 0.3) is 0 Å². The van der Waals surface area contributed by atoms with Crippen molar-refractivity contribution in [2.75, 3.05) is 15.8 Å². The number of hydrogen-bond acceptors (Lipinski definition) is 5. The highest BCUT2D eigenvalue weighted by Crippen LogP contribution is 2.33. The maximum atomic E-state index is 12.3. The van der Waals surface area contributed by atoms with E-state index in [9.17, 15) is 13.2 Å². The molecule has 110 valence electrons. The van der Waals surface area contributed by atoms with Crippen LogP contribution in [-0.2, 0) is 14.8 Å². The van der Waals surface area contributed by atoms with E-state index in [-0.39, 0.29) is 10.8 Å². The van der Waals surface area contributed by atoms with Crippen LogP contribution >= 0.6 is 11.8 Å². The zero-order chi connectivity index (χ0) is 15.0. The fourth-order valence-electron chi connectivity index (χ4n) is 1.97. The molecule has 0 saturated carbocycles. The van der Waals surface area contributed by atoms with Gasteiger partial charge in [-0.2, -0.15) is 5.10 Å². The Hall–Kier alpha value is -2.00. The van der Waals surface area contributed by atoms with Crippen LogP contribution in [-0.4, -0.2) is 30.3 Å². The number of sulfonamides is 1.